The number of halogens is 2. The highest BCUT2D eigenvalue weighted by molar-refractivity contribution is 6.42. The molecule has 0 unspecified atom stereocenters. The molecular formula is C21H29Cl2N3O. The molecule has 0 aliphatic carbocycles. The van der Waals surface area contributed by atoms with Gasteiger partial charge in [0.05, 0.1) is 22.2 Å². The van der Waals surface area contributed by atoms with E-state index in [1.54, 1.807) is 6.07 Å². The van der Waals surface area contributed by atoms with Gasteiger partial charge in [0.1, 0.15) is 0 Å². The van der Waals surface area contributed by atoms with E-state index in [1.807, 2.05) is 30.7 Å². The molecule has 0 aliphatic rings. The average Bonchev–Trinajstić information content (AvgIpc) is 2.82. The maximum atomic E-state index is 12.6. The van der Waals surface area contributed by atoms with E-state index in [-0.39, 0.29) is 11.3 Å². The zero-order valence-corrected chi connectivity index (χ0v) is 18.5. The fourth-order valence-electron chi connectivity index (χ4n) is 3.08. The van der Waals surface area contributed by atoms with Crippen molar-refractivity contribution in [3.8, 4) is 0 Å². The Bertz CT molecular complexity index is 825. The molecule has 2 rings (SSSR count). The highest BCUT2D eigenvalue weighted by atomic mass is 35.5. The summed E-state index contributed by atoms with van der Waals surface area (Å²) in [6.45, 7) is 13.8. The monoisotopic (exact) mass is 409 g/mol. The molecule has 1 aromatic heterocycles. The third kappa shape index (κ3) is 5.49. The van der Waals surface area contributed by atoms with Crippen molar-refractivity contribution in [2.24, 2.45) is 5.92 Å². The van der Waals surface area contributed by atoms with Crippen molar-refractivity contribution < 1.29 is 4.79 Å². The number of carbonyl (C=O) groups is 1. The molecular weight excluding hydrogens is 381 g/mol. The molecule has 0 spiro atoms. The molecule has 4 nitrogen and oxygen atoms in total. The molecule has 0 saturated carbocycles. The van der Waals surface area contributed by atoms with Crippen LogP contribution in [0, 0.1) is 19.8 Å². The van der Waals surface area contributed by atoms with Gasteiger partial charge in [-0.05, 0) is 37.5 Å². The van der Waals surface area contributed by atoms with Gasteiger partial charge >= 0.3 is 0 Å². The Morgan fingerprint density at radius 2 is 1.89 bits per heavy atom. The number of aryl methyl sites for hydroxylation is 1. The molecule has 0 atom stereocenters. The second-order valence-electron chi connectivity index (χ2n) is 8.19. The van der Waals surface area contributed by atoms with Gasteiger partial charge in [-0.2, -0.15) is 5.10 Å². The number of hydrogen-bond acceptors (Lipinski definition) is 2. The van der Waals surface area contributed by atoms with E-state index < -0.39 is 0 Å². The van der Waals surface area contributed by atoms with Gasteiger partial charge in [0.25, 0.3) is 0 Å². The first-order valence-electron chi connectivity index (χ1n) is 9.26. The van der Waals surface area contributed by atoms with Gasteiger partial charge in [-0.1, -0.05) is 57.0 Å². The Balaban J connectivity index is 2.03. The Morgan fingerprint density at radius 3 is 2.48 bits per heavy atom. The number of amides is 1. The second kappa shape index (κ2) is 8.66. The van der Waals surface area contributed by atoms with Crippen molar-refractivity contribution in [1.82, 2.24) is 15.1 Å². The Morgan fingerprint density at radius 1 is 1.22 bits per heavy atom. The van der Waals surface area contributed by atoms with Crippen LogP contribution >= 0.6 is 23.2 Å². The number of aromatic nitrogens is 2. The standard InChI is InChI=1S/C21H29Cl2N3O/c1-13(2)11-26-15(4)17(14(3)25-26)10-20(27)24-12-21(5,6)16-7-8-18(22)19(23)9-16/h7-9,13H,10-12H2,1-6H3,(H,24,27). The number of benzene rings is 1. The highest BCUT2D eigenvalue weighted by Crippen LogP contribution is 2.29. The SMILES string of the molecule is Cc1nn(CC(C)C)c(C)c1CC(=O)NCC(C)(C)c1ccc(Cl)c(Cl)c1. The average molecular weight is 410 g/mol. The van der Waals surface area contributed by atoms with Gasteiger partial charge < -0.3 is 5.32 Å². The second-order valence-corrected chi connectivity index (χ2v) is 9.01. The van der Waals surface area contributed by atoms with Crippen LogP contribution in [0.15, 0.2) is 18.2 Å². The first kappa shape index (κ1) is 21.8. The Labute approximate surface area is 172 Å². The number of carbonyl (C=O) groups excluding carboxylic acids is 1. The largest absolute Gasteiger partial charge is 0.355 e. The molecule has 1 heterocycles. The summed E-state index contributed by atoms with van der Waals surface area (Å²) in [6, 6.07) is 5.60. The van der Waals surface area contributed by atoms with E-state index in [1.165, 1.54) is 0 Å². The fraction of sp³-hybridized carbons (Fsp3) is 0.524. The lowest BCUT2D eigenvalue weighted by Gasteiger charge is -2.26. The first-order valence-corrected chi connectivity index (χ1v) is 10.0. The molecule has 0 bridgehead atoms. The number of hydrogen-bond donors (Lipinski definition) is 1. The van der Waals surface area contributed by atoms with E-state index >= 15 is 0 Å². The van der Waals surface area contributed by atoms with E-state index in [4.69, 9.17) is 23.2 Å². The summed E-state index contributed by atoms with van der Waals surface area (Å²) in [5, 5.41) is 8.70. The van der Waals surface area contributed by atoms with Crippen LogP contribution in [0.2, 0.25) is 10.0 Å². The van der Waals surface area contributed by atoms with Crippen LogP contribution in [0.25, 0.3) is 0 Å². The molecule has 27 heavy (non-hydrogen) atoms. The van der Waals surface area contributed by atoms with Crippen molar-refractivity contribution in [3.05, 3.63) is 50.8 Å². The molecule has 6 heteroatoms. The van der Waals surface area contributed by atoms with Crippen LogP contribution in [0.3, 0.4) is 0 Å². The topological polar surface area (TPSA) is 46.9 Å². The Hall–Kier alpha value is -1.52. The Kier molecular flexibility index (Phi) is 6.98. The summed E-state index contributed by atoms with van der Waals surface area (Å²) in [5.41, 5.74) is 3.79. The number of rotatable bonds is 7. The van der Waals surface area contributed by atoms with Crippen LogP contribution in [0.1, 0.15) is 50.2 Å². The van der Waals surface area contributed by atoms with Crippen LogP contribution in [-0.4, -0.2) is 22.2 Å². The lowest BCUT2D eigenvalue weighted by Crippen LogP contribution is -2.37. The highest BCUT2D eigenvalue weighted by Gasteiger charge is 2.23. The van der Waals surface area contributed by atoms with Crippen molar-refractivity contribution in [3.63, 3.8) is 0 Å². The fourth-order valence-corrected chi connectivity index (χ4v) is 3.37. The third-order valence-corrected chi connectivity index (χ3v) is 5.57. The quantitative estimate of drug-likeness (QED) is 0.691. The maximum absolute atomic E-state index is 12.6. The van der Waals surface area contributed by atoms with E-state index in [2.05, 4.69) is 38.1 Å². The smallest absolute Gasteiger partial charge is 0.224 e. The van der Waals surface area contributed by atoms with E-state index in [0.29, 0.717) is 28.9 Å². The maximum Gasteiger partial charge on any atom is 0.224 e. The third-order valence-electron chi connectivity index (χ3n) is 4.84. The minimum Gasteiger partial charge on any atom is -0.355 e. The summed E-state index contributed by atoms with van der Waals surface area (Å²) >= 11 is 12.1. The molecule has 0 aliphatic heterocycles. The van der Waals surface area contributed by atoms with Crippen LogP contribution in [0.5, 0.6) is 0 Å². The van der Waals surface area contributed by atoms with Crippen LogP contribution in [0.4, 0.5) is 0 Å². The molecule has 2 aromatic rings. The molecule has 0 radical (unpaired) electrons. The summed E-state index contributed by atoms with van der Waals surface area (Å²) in [5.74, 6) is 0.509. The molecule has 1 amide bonds. The summed E-state index contributed by atoms with van der Waals surface area (Å²) < 4.78 is 2.00. The van der Waals surface area contributed by atoms with E-state index in [9.17, 15) is 4.79 Å². The van der Waals surface area contributed by atoms with Crippen molar-refractivity contribution >= 4 is 29.1 Å². The summed E-state index contributed by atoms with van der Waals surface area (Å²) in [7, 11) is 0. The van der Waals surface area contributed by atoms with Crippen molar-refractivity contribution in [2.45, 2.75) is 59.9 Å². The number of nitrogens with zero attached hydrogens (tertiary/aromatic N) is 2. The van der Waals surface area contributed by atoms with Crippen LogP contribution < -0.4 is 5.32 Å². The number of nitrogens with one attached hydrogen (secondary N) is 1. The molecule has 1 N–H and O–H groups in total. The van der Waals surface area contributed by atoms with Gasteiger partial charge in [0.2, 0.25) is 5.91 Å². The van der Waals surface area contributed by atoms with Gasteiger partial charge in [-0.15, -0.1) is 0 Å². The summed E-state index contributed by atoms with van der Waals surface area (Å²) in [4.78, 5) is 12.6. The lowest BCUT2D eigenvalue weighted by molar-refractivity contribution is -0.120. The molecule has 148 valence electrons. The predicted octanol–water partition coefficient (Wildman–Crippen LogP) is 5.10. The zero-order chi connectivity index (χ0) is 20.4. The van der Waals surface area contributed by atoms with Crippen LogP contribution in [-0.2, 0) is 23.2 Å². The van der Waals surface area contributed by atoms with Gasteiger partial charge in [-0.3, -0.25) is 9.48 Å². The minimum atomic E-state index is -0.254. The first-order chi connectivity index (χ1) is 12.5. The molecule has 0 fully saturated rings. The van der Waals surface area contributed by atoms with Gasteiger partial charge in [-0.25, -0.2) is 0 Å². The normalized spacial score (nSPS) is 11.9. The van der Waals surface area contributed by atoms with Gasteiger partial charge in [0.15, 0.2) is 0 Å². The lowest BCUT2D eigenvalue weighted by atomic mass is 9.84. The molecule has 0 saturated heterocycles. The zero-order valence-electron chi connectivity index (χ0n) is 17.0. The molecule has 1 aromatic carbocycles. The van der Waals surface area contributed by atoms with Crippen molar-refractivity contribution in [2.75, 3.05) is 6.54 Å². The van der Waals surface area contributed by atoms with E-state index in [0.717, 1.165) is 29.1 Å². The van der Waals surface area contributed by atoms with Crippen molar-refractivity contribution in [1.29, 1.82) is 0 Å². The minimum absolute atomic E-state index is 0.00145. The van der Waals surface area contributed by atoms with Gasteiger partial charge in [0, 0.05) is 29.8 Å². The predicted molar refractivity (Wildman–Crippen MR) is 113 cm³/mol. The summed E-state index contributed by atoms with van der Waals surface area (Å²) in [6.07, 6.45) is 0.340.